The topological polar surface area (TPSA) is 47.6 Å². The van der Waals surface area contributed by atoms with Crippen molar-refractivity contribution in [1.29, 1.82) is 0 Å². The molecule has 0 aliphatic carbocycles. The zero-order chi connectivity index (χ0) is 15.1. The average molecular weight is 297 g/mol. The van der Waals surface area contributed by atoms with Gasteiger partial charge in [-0.3, -0.25) is 0 Å². The van der Waals surface area contributed by atoms with Crippen molar-refractivity contribution in [2.45, 2.75) is 19.1 Å². The minimum absolute atomic E-state index is 0.103. The Kier molecular flexibility index (Phi) is 5.68. The van der Waals surface area contributed by atoms with Crippen molar-refractivity contribution in [2.75, 3.05) is 13.2 Å². The van der Waals surface area contributed by atoms with Crippen LogP contribution in [-0.4, -0.2) is 31.8 Å². The highest BCUT2D eigenvalue weighted by atomic mass is 19.3. The fraction of sp³-hybridized carbons (Fsp3) is 0.400. The molecule has 0 fully saturated rings. The SMILES string of the molecule is O=C(NC[C@H](C(F)F)[C@@H]1C=CCO1)OCc1ccccc1. The number of carbonyl (C=O) groups is 1. The minimum atomic E-state index is -2.58. The van der Waals surface area contributed by atoms with Crippen molar-refractivity contribution < 1.29 is 23.0 Å². The lowest BCUT2D eigenvalue weighted by Crippen LogP contribution is -2.38. The number of hydrogen-bond acceptors (Lipinski definition) is 3. The van der Waals surface area contributed by atoms with Gasteiger partial charge in [0.1, 0.15) is 6.61 Å². The number of carbonyl (C=O) groups excluding carboxylic acids is 1. The van der Waals surface area contributed by atoms with Gasteiger partial charge in [0.25, 0.3) is 0 Å². The van der Waals surface area contributed by atoms with Gasteiger partial charge < -0.3 is 14.8 Å². The molecule has 0 radical (unpaired) electrons. The molecule has 21 heavy (non-hydrogen) atoms. The van der Waals surface area contributed by atoms with E-state index in [2.05, 4.69) is 5.32 Å². The van der Waals surface area contributed by atoms with Crippen LogP contribution in [0, 0.1) is 5.92 Å². The van der Waals surface area contributed by atoms with Gasteiger partial charge >= 0.3 is 6.09 Å². The van der Waals surface area contributed by atoms with Crippen molar-refractivity contribution in [3.63, 3.8) is 0 Å². The molecule has 2 atom stereocenters. The van der Waals surface area contributed by atoms with Crippen LogP contribution in [0.2, 0.25) is 0 Å². The number of halogens is 2. The van der Waals surface area contributed by atoms with E-state index in [0.717, 1.165) is 5.56 Å². The lowest BCUT2D eigenvalue weighted by Gasteiger charge is -2.21. The fourth-order valence-corrected chi connectivity index (χ4v) is 2.00. The Morgan fingerprint density at radius 1 is 1.38 bits per heavy atom. The Bertz CT molecular complexity index is 479. The second-order valence-corrected chi connectivity index (χ2v) is 4.67. The standard InChI is InChI=1S/C15H17F2NO3/c16-14(17)12(13-7-4-8-20-13)9-18-15(19)21-10-11-5-2-1-3-6-11/h1-7,12-14H,8-10H2,(H,18,19)/t12-,13-/m0/s1. The summed E-state index contributed by atoms with van der Waals surface area (Å²) in [7, 11) is 0. The molecule has 0 saturated carbocycles. The normalized spacial score (nSPS) is 18.7. The van der Waals surface area contributed by atoms with Crippen LogP contribution in [0.3, 0.4) is 0 Å². The predicted octanol–water partition coefficient (Wildman–Crippen LogP) is 2.75. The van der Waals surface area contributed by atoms with Crippen molar-refractivity contribution in [3.05, 3.63) is 48.0 Å². The summed E-state index contributed by atoms with van der Waals surface area (Å²) in [6, 6.07) is 9.13. The van der Waals surface area contributed by atoms with Gasteiger partial charge in [0.05, 0.1) is 18.6 Å². The molecule has 6 heteroatoms. The maximum Gasteiger partial charge on any atom is 0.407 e. The Balaban J connectivity index is 1.75. The summed E-state index contributed by atoms with van der Waals surface area (Å²) in [4.78, 5) is 11.5. The Hall–Kier alpha value is -1.95. The molecule has 1 N–H and O–H groups in total. The van der Waals surface area contributed by atoms with Crippen LogP contribution in [-0.2, 0) is 16.1 Å². The van der Waals surface area contributed by atoms with E-state index in [1.165, 1.54) is 0 Å². The summed E-state index contributed by atoms with van der Waals surface area (Å²) in [5.41, 5.74) is 0.833. The summed E-state index contributed by atoms with van der Waals surface area (Å²) >= 11 is 0. The lowest BCUT2D eigenvalue weighted by molar-refractivity contribution is -0.00938. The van der Waals surface area contributed by atoms with Gasteiger partial charge in [-0.15, -0.1) is 0 Å². The van der Waals surface area contributed by atoms with Gasteiger partial charge in [0.2, 0.25) is 6.43 Å². The number of ether oxygens (including phenoxy) is 2. The summed E-state index contributed by atoms with van der Waals surface area (Å²) in [6.07, 6.45) is -0.681. The molecule has 4 nitrogen and oxygen atoms in total. The van der Waals surface area contributed by atoms with Gasteiger partial charge in [-0.1, -0.05) is 42.5 Å². The second-order valence-electron chi connectivity index (χ2n) is 4.67. The molecule has 0 aromatic heterocycles. The molecule has 1 aromatic carbocycles. The quantitative estimate of drug-likeness (QED) is 0.821. The summed E-state index contributed by atoms with van der Waals surface area (Å²) in [6.45, 7) is 0.235. The highest BCUT2D eigenvalue weighted by Crippen LogP contribution is 2.20. The van der Waals surface area contributed by atoms with Crippen LogP contribution in [0.5, 0.6) is 0 Å². The first-order chi connectivity index (χ1) is 10.2. The Morgan fingerprint density at radius 2 is 2.14 bits per heavy atom. The zero-order valence-electron chi connectivity index (χ0n) is 11.4. The highest BCUT2D eigenvalue weighted by Gasteiger charge is 2.31. The first kappa shape index (κ1) is 15.4. The van der Waals surface area contributed by atoms with E-state index in [1.807, 2.05) is 30.3 Å². The van der Waals surface area contributed by atoms with Crippen molar-refractivity contribution in [2.24, 2.45) is 5.92 Å². The third-order valence-corrected chi connectivity index (χ3v) is 3.15. The lowest BCUT2D eigenvalue weighted by atomic mass is 10.0. The number of amides is 1. The highest BCUT2D eigenvalue weighted by molar-refractivity contribution is 5.67. The molecule has 1 aromatic rings. The van der Waals surface area contributed by atoms with Gasteiger partial charge in [-0.25, -0.2) is 13.6 Å². The molecule has 1 aliphatic heterocycles. The van der Waals surface area contributed by atoms with Gasteiger partial charge in [-0.05, 0) is 5.56 Å². The number of hydrogen-bond donors (Lipinski definition) is 1. The second kappa shape index (κ2) is 7.73. The smallest absolute Gasteiger partial charge is 0.407 e. The largest absolute Gasteiger partial charge is 0.445 e. The van der Waals surface area contributed by atoms with Gasteiger partial charge in [0.15, 0.2) is 0 Å². The van der Waals surface area contributed by atoms with E-state index in [-0.39, 0.29) is 13.2 Å². The van der Waals surface area contributed by atoms with E-state index in [1.54, 1.807) is 12.2 Å². The molecular formula is C15H17F2NO3. The first-order valence-corrected chi connectivity index (χ1v) is 6.68. The molecule has 2 rings (SSSR count). The van der Waals surface area contributed by atoms with Gasteiger partial charge in [0, 0.05) is 6.54 Å². The number of rotatable bonds is 6. The Morgan fingerprint density at radius 3 is 2.76 bits per heavy atom. The van der Waals surface area contributed by atoms with Crippen LogP contribution in [0.1, 0.15) is 5.56 Å². The molecule has 0 bridgehead atoms. The Labute approximate surface area is 121 Å². The van der Waals surface area contributed by atoms with E-state index in [4.69, 9.17) is 9.47 Å². The number of nitrogens with one attached hydrogen (secondary N) is 1. The summed E-state index contributed by atoms with van der Waals surface area (Å²) < 4.78 is 36.0. The van der Waals surface area contributed by atoms with Crippen LogP contribution in [0.25, 0.3) is 0 Å². The fourth-order valence-electron chi connectivity index (χ4n) is 2.00. The third-order valence-electron chi connectivity index (χ3n) is 3.15. The van der Waals surface area contributed by atoms with E-state index < -0.39 is 24.5 Å². The number of alkyl carbamates (subject to hydrolysis) is 1. The van der Waals surface area contributed by atoms with Crippen LogP contribution in [0.15, 0.2) is 42.5 Å². The summed E-state index contributed by atoms with van der Waals surface area (Å²) in [5.74, 6) is -1.08. The zero-order valence-corrected chi connectivity index (χ0v) is 11.4. The summed E-state index contributed by atoms with van der Waals surface area (Å²) in [5, 5.41) is 2.36. The molecule has 114 valence electrons. The molecule has 1 aliphatic rings. The molecule has 0 spiro atoms. The van der Waals surface area contributed by atoms with E-state index >= 15 is 0 Å². The maximum atomic E-state index is 12.9. The van der Waals surface area contributed by atoms with Crippen molar-refractivity contribution in [1.82, 2.24) is 5.32 Å². The van der Waals surface area contributed by atoms with Crippen LogP contribution < -0.4 is 5.32 Å². The van der Waals surface area contributed by atoms with Gasteiger partial charge in [-0.2, -0.15) is 0 Å². The first-order valence-electron chi connectivity index (χ1n) is 6.68. The van der Waals surface area contributed by atoms with Crippen LogP contribution in [0.4, 0.5) is 13.6 Å². The van der Waals surface area contributed by atoms with Crippen molar-refractivity contribution in [3.8, 4) is 0 Å². The third kappa shape index (κ3) is 4.82. The van der Waals surface area contributed by atoms with Crippen molar-refractivity contribution >= 4 is 6.09 Å². The average Bonchev–Trinajstić information content (AvgIpc) is 3.00. The monoisotopic (exact) mass is 297 g/mol. The van der Waals surface area contributed by atoms with Crippen LogP contribution >= 0.6 is 0 Å². The number of benzene rings is 1. The molecule has 1 heterocycles. The van der Waals surface area contributed by atoms with E-state index in [9.17, 15) is 13.6 Å². The molecular weight excluding hydrogens is 280 g/mol. The molecule has 0 saturated heterocycles. The maximum absolute atomic E-state index is 12.9. The molecule has 1 amide bonds. The molecule has 0 unspecified atom stereocenters. The predicted molar refractivity (Wildman–Crippen MR) is 73.0 cm³/mol. The minimum Gasteiger partial charge on any atom is -0.445 e. The van der Waals surface area contributed by atoms with E-state index in [0.29, 0.717) is 6.61 Å². The number of alkyl halides is 2.